The van der Waals surface area contributed by atoms with Crippen LogP contribution in [0.4, 0.5) is 0 Å². The highest BCUT2D eigenvalue weighted by Gasteiger charge is 2.12. The highest BCUT2D eigenvalue weighted by Crippen LogP contribution is 2.10. The van der Waals surface area contributed by atoms with Crippen LogP contribution in [0.1, 0.15) is 11.3 Å². The summed E-state index contributed by atoms with van der Waals surface area (Å²) in [5.74, 6) is -0.769. The van der Waals surface area contributed by atoms with E-state index >= 15 is 0 Å². The lowest BCUT2D eigenvalue weighted by molar-refractivity contribution is -0.136. The molecule has 0 bridgehead atoms. The maximum Gasteiger partial charge on any atom is 0.308 e. The maximum absolute atomic E-state index is 11.8. The summed E-state index contributed by atoms with van der Waals surface area (Å²) in [6, 6.07) is 1.61. The van der Waals surface area contributed by atoms with E-state index in [4.69, 9.17) is 5.11 Å². The molecule has 0 aliphatic heterocycles. The van der Waals surface area contributed by atoms with Gasteiger partial charge in [0.1, 0.15) is 12.0 Å². The third-order valence-corrected chi connectivity index (χ3v) is 2.37. The number of carboxylic acids is 1. The lowest BCUT2D eigenvalue weighted by Gasteiger charge is -2.04. The molecule has 0 spiro atoms. The van der Waals surface area contributed by atoms with Crippen LogP contribution in [-0.2, 0) is 11.2 Å². The number of aliphatic carboxylic acids is 1. The molecule has 0 aliphatic carbocycles. The van der Waals surface area contributed by atoms with Gasteiger partial charge in [-0.3, -0.25) is 9.59 Å². The number of aromatic nitrogens is 4. The molecule has 2 aromatic rings. The largest absolute Gasteiger partial charge is 0.481 e. The number of carboxylic acid groups (broad SMARTS) is 1. The van der Waals surface area contributed by atoms with Crippen LogP contribution < -0.4 is 5.56 Å². The van der Waals surface area contributed by atoms with Crippen molar-refractivity contribution in [2.75, 3.05) is 0 Å². The first-order chi connectivity index (χ1) is 8.58. The highest BCUT2D eigenvalue weighted by molar-refractivity contribution is 5.70. The predicted molar refractivity (Wildman–Crippen MR) is 62.0 cm³/mol. The Morgan fingerprint density at radius 3 is 2.83 bits per heavy atom. The predicted octanol–water partition coefficient (Wildman–Crippen LogP) is 0.162. The average Bonchev–Trinajstić information content (AvgIpc) is 2.34. The Kier molecular flexibility index (Phi) is 3.13. The van der Waals surface area contributed by atoms with E-state index in [9.17, 15) is 9.59 Å². The second-order valence-corrected chi connectivity index (χ2v) is 3.64. The Hall–Kier alpha value is -2.57. The van der Waals surface area contributed by atoms with Gasteiger partial charge in [-0.15, -0.1) is 0 Å². The first-order valence-corrected chi connectivity index (χ1v) is 5.16. The van der Waals surface area contributed by atoms with E-state index in [1.165, 1.54) is 12.5 Å². The van der Waals surface area contributed by atoms with Gasteiger partial charge in [-0.25, -0.2) is 15.0 Å². The number of nitrogens with one attached hydrogen (secondary N) is 1. The summed E-state index contributed by atoms with van der Waals surface area (Å²) in [4.78, 5) is 36.8. The molecule has 18 heavy (non-hydrogen) atoms. The van der Waals surface area contributed by atoms with Gasteiger partial charge < -0.3 is 10.1 Å². The number of hydrogen-bond acceptors (Lipinski definition) is 5. The maximum atomic E-state index is 11.8. The van der Waals surface area contributed by atoms with Crippen molar-refractivity contribution >= 4 is 5.97 Å². The molecule has 7 nitrogen and oxygen atoms in total. The molecule has 0 saturated carbocycles. The summed E-state index contributed by atoms with van der Waals surface area (Å²) in [5, 5.41) is 8.70. The molecule has 2 rings (SSSR count). The fourth-order valence-electron chi connectivity index (χ4n) is 1.52. The van der Waals surface area contributed by atoms with E-state index in [0.29, 0.717) is 17.2 Å². The van der Waals surface area contributed by atoms with Crippen LogP contribution in [0.5, 0.6) is 0 Å². The van der Waals surface area contributed by atoms with Crippen molar-refractivity contribution in [3.8, 4) is 11.5 Å². The van der Waals surface area contributed by atoms with E-state index in [1.54, 1.807) is 13.0 Å². The Morgan fingerprint density at radius 1 is 1.50 bits per heavy atom. The summed E-state index contributed by atoms with van der Waals surface area (Å²) < 4.78 is 0. The van der Waals surface area contributed by atoms with Crippen molar-refractivity contribution in [1.82, 2.24) is 19.9 Å². The molecule has 0 unspecified atom stereocenters. The second kappa shape index (κ2) is 4.74. The van der Waals surface area contributed by atoms with Crippen LogP contribution in [0.15, 0.2) is 23.4 Å². The lowest BCUT2D eigenvalue weighted by Crippen LogP contribution is -2.20. The summed E-state index contributed by atoms with van der Waals surface area (Å²) in [6.07, 6.45) is 2.52. The quantitative estimate of drug-likeness (QED) is 0.798. The molecule has 2 N–H and O–H groups in total. The lowest BCUT2D eigenvalue weighted by atomic mass is 10.1. The van der Waals surface area contributed by atoms with E-state index in [2.05, 4.69) is 19.9 Å². The normalized spacial score (nSPS) is 10.3. The molecule has 2 aromatic heterocycles. The molecular formula is C11H10N4O3. The van der Waals surface area contributed by atoms with Crippen LogP contribution >= 0.6 is 0 Å². The Bertz CT molecular complexity index is 636. The second-order valence-electron chi connectivity index (χ2n) is 3.64. The minimum Gasteiger partial charge on any atom is -0.481 e. The summed E-state index contributed by atoms with van der Waals surface area (Å²) in [5.41, 5.74) is 0.556. The molecule has 0 amide bonds. The molecule has 0 aromatic carbocycles. The van der Waals surface area contributed by atoms with Gasteiger partial charge in [-0.05, 0) is 13.0 Å². The molecule has 0 radical (unpaired) electrons. The SMILES string of the molecule is Cc1nc(-c2ccncn2)[nH]c(=O)c1CC(=O)O. The van der Waals surface area contributed by atoms with Crippen LogP contribution in [-0.4, -0.2) is 31.0 Å². The zero-order chi connectivity index (χ0) is 13.1. The molecule has 0 saturated heterocycles. The molecule has 0 atom stereocenters. The molecule has 0 fully saturated rings. The monoisotopic (exact) mass is 246 g/mol. The van der Waals surface area contributed by atoms with Gasteiger partial charge in [0, 0.05) is 17.5 Å². The number of rotatable bonds is 3. The van der Waals surface area contributed by atoms with Crippen molar-refractivity contribution in [2.24, 2.45) is 0 Å². The fourth-order valence-corrected chi connectivity index (χ4v) is 1.52. The van der Waals surface area contributed by atoms with Crippen LogP contribution in [0, 0.1) is 6.92 Å². The van der Waals surface area contributed by atoms with Gasteiger partial charge in [-0.2, -0.15) is 0 Å². The smallest absolute Gasteiger partial charge is 0.308 e. The Morgan fingerprint density at radius 2 is 2.28 bits per heavy atom. The van der Waals surface area contributed by atoms with Crippen LogP contribution in [0.2, 0.25) is 0 Å². The van der Waals surface area contributed by atoms with Gasteiger partial charge in [0.15, 0.2) is 5.82 Å². The van der Waals surface area contributed by atoms with Gasteiger partial charge >= 0.3 is 5.97 Å². The van der Waals surface area contributed by atoms with Crippen molar-refractivity contribution in [2.45, 2.75) is 13.3 Å². The number of carbonyl (C=O) groups is 1. The minimum absolute atomic E-state index is 0.153. The van der Waals surface area contributed by atoms with E-state index in [0.717, 1.165) is 0 Å². The average molecular weight is 246 g/mol. The summed E-state index contributed by atoms with van der Waals surface area (Å²) >= 11 is 0. The third-order valence-electron chi connectivity index (χ3n) is 2.37. The Labute approximate surface area is 102 Å². The van der Waals surface area contributed by atoms with Crippen molar-refractivity contribution in [3.05, 3.63) is 40.2 Å². The minimum atomic E-state index is -1.07. The van der Waals surface area contributed by atoms with Crippen LogP contribution in [0.25, 0.3) is 11.5 Å². The van der Waals surface area contributed by atoms with Gasteiger partial charge in [-0.1, -0.05) is 0 Å². The molecule has 92 valence electrons. The van der Waals surface area contributed by atoms with Gasteiger partial charge in [0.05, 0.1) is 6.42 Å². The third kappa shape index (κ3) is 2.40. The van der Waals surface area contributed by atoms with Gasteiger partial charge in [0.2, 0.25) is 0 Å². The topological polar surface area (TPSA) is 109 Å². The number of hydrogen-bond donors (Lipinski definition) is 2. The first kappa shape index (κ1) is 11.9. The van der Waals surface area contributed by atoms with E-state index in [-0.39, 0.29) is 12.0 Å². The Balaban J connectivity index is 2.49. The molecule has 7 heteroatoms. The fraction of sp³-hybridized carbons (Fsp3) is 0.182. The van der Waals surface area contributed by atoms with Crippen molar-refractivity contribution in [3.63, 3.8) is 0 Å². The number of aromatic amines is 1. The first-order valence-electron chi connectivity index (χ1n) is 5.16. The zero-order valence-corrected chi connectivity index (χ0v) is 9.54. The molecule has 0 aliphatic rings. The van der Waals surface area contributed by atoms with E-state index < -0.39 is 11.5 Å². The van der Waals surface area contributed by atoms with E-state index in [1.807, 2.05) is 0 Å². The van der Waals surface area contributed by atoms with Crippen molar-refractivity contribution < 1.29 is 9.90 Å². The zero-order valence-electron chi connectivity index (χ0n) is 9.54. The highest BCUT2D eigenvalue weighted by atomic mass is 16.4. The van der Waals surface area contributed by atoms with Gasteiger partial charge in [0.25, 0.3) is 5.56 Å². The molecule has 2 heterocycles. The van der Waals surface area contributed by atoms with Crippen LogP contribution in [0.3, 0.4) is 0 Å². The van der Waals surface area contributed by atoms with Crippen molar-refractivity contribution in [1.29, 1.82) is 0 Å². The summed E-state index contributed by atoms with van der Waals surface area (Å²) in [6.45, 7) is 1.60. The molecular weight excluding hydrogens is 236 g/mol. The summed E-state index contributed by atoms with van der Waals surface area (Å²) in [7, 11) is 0. The number of H-pyrrole nitrogens is 1. The number of aryl methyl sites for hydroxylation is 1. The number of nitrogens with zero attached hydrogens (tertiary/aromatic N) is 3. The standard InChI is InChI=1S/C11H10N4O3/c1-6-7(4-9(16)17)11(18)15-10(14-6)8-2-3-12-5-13-8/h2-3,5H,4H2,1H3,(H,16,17)(H,14,15,18).